The molecule has 0 amide bonds. The Labute approximate surface area is 273 Å². The van der Waals surface area contributed by atoms with Crippen molar-refractivity contribution in [3.8, 4) is 55.8 Å². The molecule has 1 aliphatic carbocycles. The Morgan fingerprint density at radius 1 is 0.457 bits per heavy atom. The lowest BCUT2D eigenvalue weighted by atomic mass is 9.82. The Bertz CT molecular complexity index is 2460. The van der Waals surface area contributed by atoms with Crippen LogP contribution in [0.3, 0.4) is 0 Å². The minimum Gasteiger partial charge on any atom is -0.256 e. The molecule has 0 bridgehead atoms. The second-order valence-electron chi connectivity index (χ2n) is 12.8. The van der Waals surface area contributed by atoms with Crippen molar-refractivity contribution in [3.63, 3.8) is 0 Å². The van der Waals surface area contributed by atoms with E-state index in [2.05, 4.69) is 159 Å². The third-order valence-corrected chi connectivity index (χ3v) is 11.0. The van der Waals surface area contributed by atoms with Gasteiger partial charge in [0.25, 0.3) is 0 Å². The Hall–Kier alpha value is -5.31. The van der Waals surface area contributed by atoms with Crippen LogP contribution in [0.4, 0.5) is 0 Å². The largest absolute Gasteiger partial charge is 0.256 e. The summed E-state index contributed by atoms with van der Waals surface area (Å²) in [6.45, 7) is 4.66. The number of fused-ring (bicyclic) bond motifs is 6. The summed E-state index contributed by atoms with van der Waals surface area (Å²) in [6.07, 6.45) is 1.94. The van der Waals surface area contributed by atoms with Gasteiger partial charge >= 0.3 is 0 Å². The van der Waals surface area contributed by atoms with Crippen LogP contribution in [0.1, 0.15) is 25.0 Å². The molecule has 2 heteroatoms. The van der Waals surface area contributed by atoms with E-state index in [1.165, 1.54) is 75.8 Å². The average Bonchev–Trinajstić information content (AvgIpc) is 3.61. The molecule has 0 spiro atoms. The molecule has 0 atom stereocenters. The van der Waals surface area contributed by atoms with Crippen molar-refractivity contribution >= 4 is 31.5 Å². The van der Waals surface area contributed by atoms with E-state index in [1.54, 1.807) is 0 Å². The van der Waals surface area contributed by atoms with Crippen molar-refractivity contribution < 1.29 is 0 Å². The molecule has 2 aromatic heterocycles. The fourth-order valence-corrected chi connectivity index (χ4v) is 8.59. The summed E-state index contributed by atoms with van der Waals surface area (Å²) in [7, 11) is 0. The lowest BCUT2D eigenvalue weighted by molar-refractivity contribution is 0.660. The van der Waals surface area contributed by atoms with E-state index >= 15 is 0 Å². The van der Waals surface area contributed by atoms with Crippen molar-refractivity contribution in [2.45, 2.75) is 19.3 Å². The summed E-state index contributed by atoms with van der Waals surface area (Å²) in [5.74, 6) is 0. The molecule has 0 radical (unpaired) electrons. The summed E-state index contributed by atoms with van der Waals surface area (Å²) in [5.41, 5.74) is 14.9. The molecular weight excluding hydrogens is 575 g/mol. The number of rotatable bonds is 4. The molecule has 1 nitrogen and oxygen atoms in total. The Morgan fingerprint density at radius 3 is 1.93 bits per heavy atom. The van der Waals surface area contributed by atoms with Gasteiger partial charge in [0.2, 0.25) is 0 Å². The van der Waals surface area contributed by atoms with E-state index in [0.717, 1.165) is 11.3 Å². The normalized spacial score (nSPS) is 13.2. The number of hydrogen-bond acceptors (Lipinski definition) is 2. The number of aromatic nitrogens is 1. The number of nitrogens with zero attached hydrogens (tertiary/aromatic N) is 1. The second-order valence-corrected chi connectivity index (χ2v) is 13.9. The maximum absolute atomic E-state index is 4.82. The molecule has 1 aliphatic rings. The Balaban J connectivity index is 1.07. The highest BCUT2D eigenvalue weighted by atomic mass is 32.1. The van der Waals surface area contributed by atoms with Crippen molar-refractivity contribution in [1.82, 2.24) is 4.98 Å². The van der Waals surface area contributed by atoms with Gasteiger partial charge in [0.05, 0.1) is 5.69 Å². The molecule has 2 heterocycles. The molecule has 0 aliphatic heterocycles. The summed E-state index contributed by atoms with van der Waals surface area (Å²) in [5, 5.41) is 2.66. The van der Waals surface area contributed by atoms with E-state index in [4.69, 9.17) is 4.98 Å². The zero-order chi connectivity index (χ0) is 30.8. The fraction of sp³-hybridized carbons (Fsp3) is 0.0682. The van der Waals surface area contributed by atoms with E-state index in [0.29, 0.717) is 0 Å². The first kappa shape index (κ1) is 27.0. The molecular formula is C44H31NS. The van der Waals surface area contributed by atoms with Gasteiger partial charge in [-0.2, -0.15) is 0 Å². The average molecular weight is 606 g/mol. The van der Waals surface area contributed by atoms with Gasteiger partial charge in [-0.05, 0) is 92.0 Å². The van der Waals surface area contributed by atoms with Gasteiger partial charge in [-0.3, -0.25) is 4.98 Å². The van der Waals surface area contributed by atoms with E-state index in [-0.39, 0.29) is 5.41 Å². The summed E-state index contributed by atoms with van der Waals surface area (Å²) >= 11 is 1.88. The van der Waals surface area contributed by atoms with Crippen LogP contribution in [-0.4, -0.2) is 4.98 Å². The maximum Gasteiger partial charge on any atom is 0.0708 e. The van der Waals surface area contributed by atoms with Gasteiger partial charge < -0.3 is 0 Å². The van der Waals surface area contributed by atoms with Crippen LogP contribution in [0.2, 0.25) is 0 Å². The third kappa shape index (κ3) is 4.25. The van der Waals surface area contributed by atoms with Crippen LogP contribution in [0.5, 0.6) is 0 Å². The quantitative estimate of drug-likeness (QED) is 0.194. The van der Waals surface area contributed by atoms with Gasteiger partial charge in [-0.1, -0.05) is 123 Å². The molecule has 8 aromatic rings. The Kier molecular flexibility index (Phi) is 6.10. The SMILES string of the molecule is CC1(C)c2ccccc2-c2ccc(-c3cc(-c4cccc(-c5cccc(-c6cccc7c6sc6ccccc67)c5)c4)ccn3)cc21. The second kappa shape index (κ2) is 10.4. The molecule has 0 N–H and O–H groups in total. The zero-order valence-electron chi connectivity index (χ0n) is 25.8. The molecule has 218 valence electrons. The van der Waals surface area contributed by atoms with Gasteiger partial charge in [0.15, 0.2) is 0 Å². The van der Waals surface area contributed by atoms with Crippen LogP contribution in [0, 0.1) is 0 Å². The molecule has 46 heavy (non-hydrogen) atoms. The van der Waals surface area contributed by atoms with Gasteiger partial charge in [0.1, 0.15) is 0 Å². The summed E-state index contributed by atoms with van der Waals surface area (Å²) < 4.78 is 2.68. The number of hydrogen-bond donors (Lipinski definition) is 0. The van der Waals surface area contributed by atoms with E-state index in [1.807, 2.05) is 17.5 Å². The summed E-state index contributed by atoms with van der Waals surface area (Å²) in [6, 6.07) is 53.2. The Morgan fingerprint density at radius 2 is 1.09 bits per heavy atom. The van der Waals surface area contributed by atoms with Gasteiger partial charge in [-0.15, -0.1) is 11.3 Å². The third-order valence-electron chi connectivity index (χ3n) is 9.75. The van der Waals surface area contributed by atoms with E-state index in [9.17, 15) is 0 Å². The highest BCUT2D eigenvalue weighted by Crippen LogP contribution is 2.49. The first-order valence-electron chi connectivity index (χ1n) is 15.9. The maximum atomic E-state index is 4.82. The topological polar surface area (TPSA) is 12.9 Å². The van der Waals surface area contributed by atoms with Crippen LogP contribution >= 0.6 is 11.3 Å². The van der Waals surface area contributed by atoms with Crippen molar-refractivity contribution in [1.29, 1.82) is 0 Å². The van der Waals surface area contributed by atoms with E-state index < -0.39 is 0 Å². The predicted octanol–water partition coefficient (Wildman–Crippen LogP) is 12.4. The molecule has 0 saturated carbocycles. The van der Waals surface area contributed by atoms with Crippen LogP contribution in [-0.2, 0) is 5.41 Å². The molecule has 0 fully saturated rings. The lowest BCUT2D eigenvalue weighted by Gasteiger charge is -2.21. The summed E-state index contributed by atoms with van der Waals surface area (Å²) in [4.78, 5) is 4.82. The molecule has 6 aromatic carbocycles. The number of benzene rings is 6. The molecule has 0 saturated heterocycles. The monoisotopic (exact) mass is 605 g/mol. The molecule has 9 rings (SSSR count). The van der Waals surface area contributed by atoms with Gasteiger partial charge in [0, 0.05) is 37.3 Å². The number of pyridine rings is 1. The highest BCUT2D eigenvalue weighted by Gasteiger charge is 2.35. The van der Waals surface area contributed by atoms with Gasteiger partial charge in [-0.25, -0.2) is 0 Å². The highest BCUT2D eigenvalue weighted by molar-refractivity contribution is 7.26. The standard InChI is InChI=1S/C44H31NS/c1-44(2)39-18-5-3-14-35(39)36-21-20-33(26-40(36)44)41-27-31(22-23-45-41)29-11-7-10-28(24-29)30-12-8-13-32(25-30)34-16-9-17-38-37-15-4-6-19-42(37)46-43(34)38/h3-27H,1-2H3. The van der Waals surface area contributed by atoms with Crippen molar-refractivity contribution in [2.24, 2.45) is 0 Å². The van der Waals surface area contributed by atoms with Crippen LogP contribution in [0.15, 0.2) is 152 Å². The minimum absolute atomic E-state index is 0.0368. The number of thiophene rings is 1. The predicted molar refractivity (Wildman–Crippen MR) is 196 cm³/mol. The zero-order valence-corrected chi connectivity index (χ0v) is 26.6. The fourth-order valence-electron chi connectivity index (χ4n) is 7.35. The molecule has 0 unspecified atom stereocenters. The first-order chi connectivity index (χ1) is 22.5. The minimum atomic E-state index is -0.0368. The van der Waals surface area contributed by atoms with Crippen molar-refractivity contribution in [2.75, 3.05) is 0 Å². The first-order valence-corrected chi connectivity index (χ1v) is 16.7. The smallest absolute Gasteiger partial charge is 0.0708 e. The van der Waals surface area contributed by atoms with Crippen LogP contribution < -0.4 is 0 Å². The van der Waals surface area contributed by atoms with Crippen LogP contribution in [0.25, 0.3) is 75.9 Å². The van der Waals surface area contributed by atoms with Crippen molar-refractivity contribution in [3.05, 3.63) is 163 Å². The lowest BCUT2D eigenvalue weighted by Crippen LogP contribution is -2.14.